The molecule has 2 amide bonds. The van der Waals surface area contributed by atoms with Gasteiger partial charge in [-0.05, 0) is 25.7 Å². The first-order chi connectivity index (χ1) is 9.60. The Bertz CT molecular complexity index is 402. The largest absolute Gasteiger partial charge is 0.377 e. The number of rotatable bonds is 3. The highest BCUT2D eigenvalue weighted by atomic mass is 16.5. The van der Waals surface area contributed by atoms with Crippen LogP contribution in [-0.2, 0) is 14.3 Å². The highest BCUT2D eigenvalue weighted by molar-refractivity contribution is 5.92. The highest BCUT2D eigenvalue weighted by Gasteiger charge is 2.44. The minimum Gasteiger partial charge on any atom is -0.377 e. The van der Waals surface area contributed by atoms with E-state index in [4.69, 9.17) is 10.5 Å². The molecule has 112 valence electrons. The number of ether oxygens (including phenoxy) is 1. The van der Waals surface area contributed by atoms with Gasteiger partial charge in [-0.25, -0.2) is 0 Å². The average molecular weight is 281 g/mol. The van der Waals surface area contributed by atoms with Crippen LogP contribution in [0.1, 0.15) is 38.5 Å². The van der Waals surface area contributed by atoms with Crippen molar-refractivity contribution in [1.29, 1.82) is 0 Å². The molecule has 1 aliphatic heterocycles. The Balaban J connectivity index is 1.70. The van der Waals surface area contributed by atoms with Gasteiger partial charge in [0, 0.05) is 12.6 Å². The second-order valence-corrected chi connectivity index (χ2v) is 6.24. The number of hydrogen-bond acceptors (Lipinski definition) is 4. The summed E-state index contributed by atoms with van der Waals surface area (Å²) in [4.78, 5) is 26.6. The Morgan fingerprint density at radius 3 is 2.60 bits per heavy atom. The van der Waals surface area contributed by atoms with Gasteiger partial charge in [-0.3, -0.25) is 9.59 Å². The van der Waals surface area contributed by atoms with E-state index in [0.717, 1.165) is 38.5 Å². The summed E-state index contributed by atoms with van der Waals surface area (Å²) in [6, 6.07) is -0.224. The van der Waals surface area contributed by atoms with E-state index in [2.05, 4.69) is 5.32 Å². The molecular formula is C14H23N3O3. The van der Waals surface area contributed by atoms with E-state index in [1.54, 1.807) is 4.90 Å². The SMILES string of the molecule is NC1(C(=O)N2CCOCC2C(=O)NC2CC2)CCCC1. The van der Waals surface area contributed by atoms with Crippen LogP contribution in [0.3, 0.4) is 0 Å². The summed E-state index contributed by atoms with van der Waals surface area (Å²) in [7, 11) is 0. The van der Waals surface area contributed by atoms with Crippen molar-refractivity contribution in [2.45, 2.75) is 56.1 Å². The van der Waals surface area contributed by atoms with Crippen molar-refractivity contribution < 1.29 is 14.3 Å². The Morgan fingerprint density at radius 1 is 1.25 bits per heavy atom. The molecule has 0 radical (unpaired) electrons. The molecule has 0 aromatic carbocycles. The zero-order valence-electron chi connectivity index (χ0n) is 11.8. The van der Waals surface area contributed by atoms with Gasteiger partial charge < -0.3 is 20.7 Å². The molecule has 0 bridgehead atoms. The van der Waals surface area contributed by atoms with Crippen LogP contribution in [0, 0.1) is 0 Å². The van der Waals surface area contributed by atoms with Gasteiger partial charge in [-0.2, -0.15) is 0 Å². The molecule has 6 nitrogen and oxygen atoms in total. The molecule has 1 unspecified atom stereocenters. The van der Waals surface area contributed by atoms with Gasteiger partial charge in [0.2, 0.25) is 11.8 Å². The van der Waals surface area contributed by atoms with Crippen LogP contribution in [0.5, 0.6) is 0 Å². The zero-order valence-corrected chi connectivity index (χ0v) is 11.8. The van der Waals surface area contributed by atoms with Crippen LogP contribution < -0.4 is 11.1 Å². The van der Waals surface area contributed by atoms with E-state index >= 15 is 0 Å². The molecule has 1 atom stereocenters. The Kier molecular flexibility index (Phi) is 3.69. The first-order valence-electron chi connectivity index (χ1n) is 7.58. The molecule has 20 heavy (non-hydrogen) atoms. The van der Waals surface area contributed by atoms with Gasteiger partial charge in [0.05, 0.1) is 18.8 Å². The maximum Gasteiger partial charge on any atom is 0.245 e. The Labute approximate surface area is 119 Å². The van der Waals surface area contributed by atoms with Crippen LogP contribution in [0.15, 0.2) is 0 Å². The van der Waals surface area contributed by atoms with Crippen molar-refractivity contribution in [1.82, 2.24) is 10.2 Å². The Morgan fingerprint density at radius 2 is 1.95 bits per heavy atom. The zero-order chi connectivity index (χ0) is 14.2. The fraction of sp³-hybridized carbons (Fsp3) is 0.857. The molecule has 3 N–H and O–H groups in total. The molecule has 3 aliphatic rings. The molecular weight excluding hydrogens is 258 g/mol. The lowest BCUT2D eigenvalue weighted by Crippen LogP contribution is -2.63. The van der Waals surface area contributed by atoms with Crippen LogP contribution in [0.25, 0.3) is 0 Å². The number of nitrogens with zero attached hydrogens (tertiary/aromatic N) is 1. The van der Waals surface area contributed by atoms with Crippen LogP contribution in [0.4, 0.5) is 0 Å². The van der Waals surface area contributed by atoms with Gasteiger partial charge in [-0.15, -0.1) is 0 Å². The van der Waals surface area contributed by atoms with E-state index in [9.17, 15) is 9.59 Å². The van der Waals surface area contributed by atoms with Crippen molar-refractivity contribution in [3.63, 3.8) is 0 Å². The first-order valence-corrected chi connectivity index (χ1v) is 7.58. The third kappa shape index (κ3) is 2.67. The first kappa shape index (κ1) is 13.8. The summed E-state index contributed by atoms with van der Waals surface area (Å²) < 4.78 is 5.39. The lowest BCUT2D eigenvalue weighted by molar-refractivity contribution is -0.152. The predicted molar refractivity (Wildman–Crippen MR) is 72.9 cm³/mol. The number of hydrogen-bond donors (Lipinski definition) is 2. The van der Waals surface area contributed by atoms with E-state index < -0.39 is 11.6 Å². The molecule has 1 saturated heterocycles. The molecule has 0 spiro atoms. The second-order valence-electron chi connectivity index (χ2n) is 6.24. The van der Waals surface area contributed by atoms with Crippen molar-refractivity contribution in [3.05, 3.63) is 0 Å². The minimum atomic E-state index is -0.768. The second kappa shape index (κ2) is 5.33. The molecule has 1 heterocycles. The van der Waals surface area contributed by atoms with Crippen molar-refractivity contribution >= 4 is 11.8 Å². The van der Waals surface area contributed by atoms with Gasteiger partial charge in [0.1, 0.15) is 6.04 Å². The molecule has 0 aromatic rings. The number of nitrogens with two attached hydrogens (primary N) is 1. The molecule has 2 saturated carbocycles. The summed E-state index contributed by atoms with van der Waals surface area (Å²) >= 11 is 0. The molecule has 3 rings (SSSR count). The third-order valence-electron chi connectivity index (χ3n) is 4.54. The lowest BCUT2D eigenvalue weighted by atomic mass is 9.96. The van der Waals surface area contributed by atoms with Crippen molar-refractivity contribution in [2.24, 2.45) is 5.73 Å². The quantitative estimate of drug-likeness (QED) is 0.748. The minimum absolute atomic E-state index is 0.0748. The number of carbonyl (C=O) groups is 2. The normalized spacial score (nSPS) is 29.2. The standard InChI is InChI=1S/C14H23N3O3/c15-14(5-1-2-6-14)13(19)17-7-8-20-9-11(17)12(18)16-10-3-4-10/h10-11H,1-9,15H2,(H,16,18). The number of amides is 2. The smallest absolute Gasteiger partial charge is 0.245 e. The number of morpholine rings is 1. The molecule has 6 heteroatoms. The fourth-order valence-corrected chi connectivity index (χ4v) is 3.09. The maximum absolute atomic E-state index is 12.7. The predicted octanol–water partition coefficient (Wildman–Crippen LogP) is -0.236. The van der Waals surface area contributed by atoms with E-state index in [1.165, 1.54) is 0 Å². The summed E-state index contributed by atoms with van der Waals surface area (Å²) in [5.41, 5.74) is 5.48. The van der Waals surface area contributed by atoms with Crippen LogP contribution >= 0.6 is 0 Å². The van der Waals surface area contributed by atoms with E-state index in [1.807, 2.05) is 0 Å². The van der Waals surface area contributed by atoms with Crippen LogP contribution in [-0.4, -0.2) is 54.1 Å². The Hall–Kier alpha value is -1.14. The highest BCUT2D eigenvalue weighted by Crippen LogP contribution is 2.30. The summed E-state index contributed by atoms with van der Waals surface area (Å²) in [5, 5.41) is 2.96. The number of carbonyl (C=O) groups excluding carboxylic acids is 2. The van der Waals surface area contributed by atoms with Gasteiger partial charge in [0.25, 0.3) is 0 Å². The van der Waals surface area contributed by atoms with Gasteiger partial charge in [-0.1, -0.05) is 12.8 Å². The molecule has 3 fully saturated rings. The molecule has 2 aliphatic carbocycles. The lowest BCUT2D eigenvalue weighted by Gasteiger charge is -2.39. The van der Waals surface area contributed by atoms with Crippen LogP contribution in [0.2, 0.25) is 0 Å². The topological polar surface area (TPSA) is 84.7 Å². The van der Waals surface area contributed by atoms with Gasteiger partial charge in [0.15, 0.2) is 0 Å². The molecule has 0 aromatic heterocycles. The van der Waals surface area contributed by atoms with E-state index in [0.29, 0.717) is 19.2 Å². The summed E-state index contributed by atoms with van der Waals surface area (Å²) in [6.45, 7) is 1.22. The third-order valence-corrected chi connectivity index (χ3v) is 4.54. The summed E-state index contributed by atoms with van der Waals surface area (Å²) in [6.07, 6.45) is 5.50. The van der Waals surface area contributed by atoms with Crippen molar-refractivity contribution in [3.8, 4) is 0 Å². The van der Waals surface area contributed by atoms with Gasteiger partial charge >= 0.3 is 0 Å². The maximum atomic E-state index is 12.7. The summed E-state index contributed by atoms with van der Waals surface area (Å²) in [5.74, 6) is -0.170. The van der Waals surface area contributed by atoms with E-state index in [-0.39, 0.29) is 18.4 Å². The monoisotopic (exact) mass is 281 g/mol. The number of nitrogens with one attached hydrogen (secondary N) is 1. The average Bonchev–Trinajstić information content (AvgIpc) is 3.16. The fourth-order valence-electron chi connectivity index (χ4n) is 3.09. The van der Waals surface area contributed by atoms with Crippen molar-refractivity contribution in [2.75, 3.05) is 19.8 Å².